The van der Waals surface area contributed by atoms with Crippen molar-refractivity contribution in [2.24, 2.45) is 0 Å². The van der Waals surface area contributed by atoms with E-state index in [1.807, 2.05) is 30.3 Å². The third kappa shape index (κ3) is 4.15. The maximum absolute atomic E-state index is 13.0. The summed E-state index contributed by atoms with van der Waals surface area (Å²) in [7, 11) is 0. The van der Waals surface area contributed by atoms with E-state index in [0.29, 0.717) is 12.0 Å². The summed E-state index contributed by atoms with van der Waals surface area (Å²) in [4.78, 5) is 12.3. The molecule has 1 unspecified atom stereocenters. The molecular formula is C18H19FO3. The number of hydrogen-bond acceptors (Lipinski definition) is 3. The molecule has 4 heteroatoms. The Kier molecular flexibility index (Phi) is 5.67. The lowest BCUT2D eigenvalue weighted by atomic mass is 9.92. The van der Waals surface area contributed by atoms with Crippen LogP contribution in [0.4, 0.5) is 4.39 Å². The van der Waals surface area contributed by atoms with Gasteiger partial charge < -0.3 is 9.84 Å². The number of carbonyl (C=O) groups is 1. The number of ether oxygens (including phenoxy) is 1. The van der Waals surface area contributed by atoms with Crippen molar-refractivity contribution in [1.82, 2.24) is 0 Å². The minimum atomic E-state index is -0.867. The van der Waals surface area contributed by atoms with E-state index in [4.69, 9.17) is 4.74 Å². The molecule has 0 aliphatic rings. The molecular weight excluding hydrogens is 283 g/mol. The van der Waals surface area contributed by atoms with Gasteiger partial charge in [0.2, 0.25) is 0 Å². The summed E-state index contributed by atoms with van der Waals surface area (Å²) >= 11 is 0. The summed E-state index contributed by atoms with van der Waals surface area (Å²) in [5.41, 5.74) is 1.42. The summed E-state index contributed by atoms with van der Waals surface area (Å²) in [5, 5.41) is 10.1. The lowest BCUT2D eigenvalue weighted by Gasteiger charge is -2.21. The fourth-order valence-corrected chi connectivity index (χ4v) is 2.24. The number of rotatable bonds is 6. The number of aliphatic hydroxyl groups excluding tert-OH is 1. The first-order valence-corrected chi connectivity index (χ1v) is 7.26. The third-order valence-electron chi connectivity index (χ3n) is 3.51. The summed E-state index contributed by atoms with van der Waals surface area (Å²) in [6.07, 6.45) is -0.462. The van der Waals surface area contributed by atoms with Crippen LogP contribution in [0.25, 0.3) is 0 Å². The second-order valence-corrected chi connectivity index (χ2v) is 5.10. The van der Waals surface area contributed by atoms with Gasteiger partial charge in [-0.15, -0.1) is 0 Å². The lowest BCUT2D eigenvalue weighted by molar-refractivity contribution is -0.149. The summed E-state index contributed by atoms with van der Waals surface area (Å²) in [5.74, 6) is -1.70. The molecule has 0 fully saturated rings. The highest BCUT2D eigenvalue weighted by Crippen LogP contribution is 2.24. The Morgan fingerprint density at radius 3 is 2.36 bits per heavy atom. The highest BCUT2D eigenvalue weighted by molar-refractivity contribution is 5.79. The minimum absolute atomic E-state index is 0.147. The molecule has 0 aliphatic carbocycles. The van der Waals surface area contributed by atoms with Crippen LogP contribution in [0.1, 0.15) is 30.4 Å². The molecule has 2 rings (SSSR count). The number of esters is 1. The lowest BCUT2D eigenvalue weighted by Crippen LogP contribution is -2.27. The molecule has 0 radical (unpaired) electrons. The minimum Gasteiger partial charge on any atom is -0.460 e. The van der Waals surface area contributed by atoms with Crippen LogP contribution in [0.5, 0.6) is 0 Å². The van der Waals surface area contributed by atoms with Crippen molar-refractivity contribution in [2.75, 3.05) is 0 Å². The number of aliphatic hydroxyl groups is 1. The Bertz CT molecular complexity index is 595. The zero-order valence-electron chi connectivity index (χ0n) is 12.4. The predicted molar refractivity (Wildman–Crippen MR) is 81.7 cm³/mol. The first-order valence-electron chi connectivity index (χ1n) is 7.26. The predicted octanol–water partition coefficient (Wildman–Crippen LogP) is 3.42. The summed E-state index contributed by atoms with van der Waals surface area (Å²) < 4.78 is 18.3. The van der Waals surface area contributed by atoms with Crippen molar-refractivity contribution in [3.05, 3.63) is 71.5 Å². The Balaban J connectivity index is 2.11. The van der Waals surface area contributed by atoms with Crippen LogP contribution in [0, 0.1) is 5.82 Å². The molecule has 2 aromatic rings. The molecule has 2 atom stereocenters. The maximum Gasteiger partial charge on any atom is 0.316 e. The van der Waals surface area contributed by atoms with E-state index < -0.39 is 18.0 Å². The molecule has 116 valence electrons. The van der Waals surface area contributed by atoms with E-state index in [0.717, 1.165) is 5.56 Å². The van der Waals surface area contributed by atoms with E-state index in [9.17, 15) is 14.3 Å². The van der Waals surface area contributed by atoms with Gasteiger partial charge in [0.15, 0.2) is 0 Å². The van der Waals surface area contributed by atoms with Gasteiger partial charge in [0.25, 0.3) is 0 Å². The fraction of sp³-hybridized carbons (Fsp3) is 0.278. The number of halogens is 1. The van der Waals surface area contributed by atoms with Crippen LogP contribution >= 0.6 is 0 Å². The molecule has 0 spiro atoms. The molecule has 1 N–H and O–H groups in total. The van der Waals surface area contributed by atoms with Crippen molar-refractivity contribution >= 4 is 5.97 Å². The van der Waals surface area contributed by atoms with Gasteiger partial charge >= 0.3 is 5.97 Å². The highest BCUT2D eigenvalue weighted by atomic mass is 19.1. The Hall–Kier alpha value is -2.20. The molecule has 0 bridgehead atoms. The second kappa shape index (κ2) is 7.71. The van der Waals surface area contributed by atoms with Crippen LogP contribution in [-0.2, 0) is 16.1 Å². The molecule has 3 nitrogen and oxygen atoms in total. The fourth-order valence-electron chi connectivity index (χ4n) is 2.24. The smallest absolute Gasteiger partial charge is 0.316 e. The van der Waals surface area contributed by atoms with Gasteiger partial charge in [-0.25, -0.2) is 4.39 Å². The van der Waals surface area contributed by atoms with Crippen molar-refractivity contribution in [3.63, 3.8) is 0 Å². The van der Waals surface area contributed by atoms with Gasteiger partial charge in [0.05, 0.1) is 6.10 Å². The van der Waals surface area contributed by atoms with E-state index in [2.05, 4.69) is 0 Å². The first kappa shape index (κ1) is 16.2. The summed E-state index contributed by atoms with van der Waals surface area (Å²) in [6, 6.07) is 14.9. The van der Waals surface area contributed by atoms with Crippen LogP contribution in [0.15, 0.2) is 54.6 Å². The van der Waals surface area contributed by atoms with Crippen LogP contribution < -0.4 is 0 Å². The quantitative estimate of drug-likeness (QED) is 0.832. The average molecular weight is 302 g/mol. The van der Waals surface area contributed by atoms with Gasteiger partial charge in [0, 0.05) is 0 Å². The Morgan fingerprint density at radius 1 is 1.14 bits per heavy atom. The van der Waals surface area contributed by atoms with Gasteiger partial charge in [-0.05, 0) is 29.7 Å². The largest absolute Gasteiger partial charge is 0.460 e. The molecule has 0 saturated heterocycles. The zero-order valence-corrected chi connectivity index (χ0v) is 12.4. The molecule has 0 aromatic heterocycles. The van der Waals surface area contributed by atoms with Crippen LogP contribution in [0.3, 0.4) is 0 Å². The molecule has 2 aromatic carbocycles. The van der Waals surface area contributed by atoms with Crippen LogP contribution in [-0.4, -0.2) is 17.2 Å². The van der Waals surface area contributed by atoms with Gasteiger partial charge in [-0.1, -0.05) is 49.4 Å². The molecule has 22 heavy (non-hydrogen) atoms. The first-order chi connectivity index (χ1) is 10.6. The van der Waals surface area contributed by atoms with Gasteiger partial charge in [-0.2, -0.15) is 0 Å². The Labute approximate surface area is 129 Å². The number of carbonyl (C=O) groups excluding carboxylic acids is 1. The SMILES string of the molecule is CC[C@@H](O)C(C(=O)OCc1ccccc1)c1ccc(F)cc1. The Morgan fingerprint density at radius 2 is 1.77 bits per heavy atom. The van der Waals surface area contributed by atoms with Crippen molar-refractivity contribution < 1.29 is 19.0 Å². The average Bonchev–Trinajstić information content (AvgIpc) is 2.55. The molecule has 0 saturated carbocycles. The topological polar surface area (TPSA) is 46.5 Å². The summed E-state index contributed by atoms with van der Waals surface area (Å²) in [6.45, 7) is 1.93. The maximum atomic E-state index is 13.0. The van der Waals surface area contributed by atoms with Crippen molar-refractivity contribution in [1.29, 1.82) is 0 Å². The zero-order chi connectivity index (χ0) is 15.9. The van der Waals surface area contributed by atoms with Crippen molar-refractivity contribution in [3.8, 4) is 0 Å². The molecule has 0 heterocycles. The van der Waals surface area contributed by atoms with E-state index in [1.54, 1.807) is 6.92 Å². The van der Waals surface area contributed by atoms with Gasteiger partial charge in [0.1, 0.15) is 18.3 Å². The molecule has 0 amide bonds. The normalized spacial score (nSPS) is 13.4. The van der Waals surface area contributed by atoms with E-state index in [1.165, 1.54) is 24.3 Å². The second-order valence-electron chi connectivity index (χ2n) is 5.10. The number of benzene rings is 2. The standard InChI is InChI=1S/C18H19FO3/c1-2-16(20)17(14-8-10-15(19)11-9-14)18(21)22-12-13-6-4-3-5-7-13/h3-11,16-17,20H,2,12H2,1H3/t16-,17?/m1/s1. The van der Waals surface area contributed by atoms with E-state index in [-0.39, 0.29) is 12.4 Å². The van der Waals surface area contributed by atoms with Gasteiger partial charge in [-0.3, -0.25) is 4.79 Å². The monoisotopic (exact) mass is 302 g/mol. The van der Waals surface area contributed by atoms with Crippen molar-refractivity contribution in [2.45, 2.75) is 32.0 Å². The molecule has 0 aliphatic heterocycles. The van der Waals surface area contributed by atoms with E-state index >= 15 is 0 Å². The highest BCUT2D eigenvalue weighted by Gasteiger charge is 2.29. The van der Waals surface area contributed by atoms with Crippen LogP contribution in [0.2, 0.25) is 0 Å². The number of hydrogen-bond donors (Lipinski definition) is 1. The third-order valence-corrected chi connectivity index (χ3v) is 3.51.